The van der Waals surface area contributed by atoms with Crippen molar-refractivity contribution in [3.8, 4) is 11.3 Å². The largest absolute Gasteiger partial charge is 0.383 e. The third kappa shape index (κ3) is 4.23. The number of nitrogens with zero attached hydrogens (tertiary/aromatic N) is 7. The van der Waals surface area contributed by atoms with Crippen LogP contribution in [0.15, 0.2) is 79.3 Å². The van der Waals surface area contributed by atoms with Gasteiger partial charge in [0.05, 0.1) is 12.7 Å². The van der Waals surface area contributed by atoms with Crippen molar-refractivity contribution in [2.24, 2.45) is 5.73 Å². The summed E-state index contributed by atoms with van der Waals surface area (Å²) < 4.78 is 1.92. The van der Waals surface area contributed by atoms with Gasteiger partial charge in [-0.25, -0.2) is 4.98 Å². The van der Waals surface area contributed by atoms with Crippen LogP contribution < -0.4 is 16.0 Å². The van der Waals surface area contributed by atoms with E-state index < -0.39 is 0 Å². The predicted octanol–water partition coefficient (Wildman–Crippen LogP) is 3.52. The zero-order valence-corrected chi connectivity index (χ0v) is 19.8. The van der Waals surface area contributed by atoms with Crippen molar-refractivity contribution in [2.45, 2.75) is 25.9 Å². The van der Waals surface area contributed by atoms with Crippen LogP contribution >= 0.6 is 0 Å². The Morgan fingerprint density at radius 3 is 2.51 bits per heavy atom. The van der Waals surface area contributed by atoms with Crippen molar-refractivity contribution in [3.05, 3.63) is 90.4 Å². The molecule has 2 unspecified atom stereocenters. The van der Waals surface area contributed by atoms with E-state index in [0.717, 1.165) is 23.2 Å². The summed E-state index contributed by atoms with van der Waals surface area (Å²) in [5.74, 6) is 1.57. The Labute approximate surface area is 203 Å². The van der Waals surface area contributed by atoms with Crippen LogP contribution in [0, 0.1) is 0 Å². The predicted molar refractivity (Wildman–Crippen MR) is 138 cm³/mol. The van der Waals surface area contributed by atoms with E-state index in [9.17, 15) is 0 Å². The van der Waals surface area contributed by atoms with Gasteiger partial charge in [0.15, 0.2) is 5.65 Å². The number of fused-ring (bicyclic) bond motifs is 1. The molecule has 2 aromatic carbocycles. The van der Waals surface area contributed by atoms with Crippen molar-refractivity contribution in [1.29, 1.82) is 0 Å². The van der Waals surface area contributed by atoms with E-state index in [4.69, 9.17) is 16.5 Å². The molecule has 0 saturated heterocycles. The fraction of sp³-hybridized carbons (Fsp3) is 0.192. The fourth-order valence-electron chi connectivity index (χ4n) is 4.35. The van der Waals surface area contributed by atoms with Gasteiger partial charge in [0.2, 0.25) is 0 Å². The van der Waals surface area contributed by atoms with Crippen LogP contribution in [0.5, 0.6) is 0 Å². The maximum Gasteiger partial charge on any atom is 0.340 e. The summed E-state index contributed by atoms with van der Waals surface area (Å²) in [6, 6.07) is 21.9. The van der Waals surface area contributed by atoms with Crippen molar-refractivity contribution >= 4 is 23.4 Å². The Kier molecular flexibility index (Phi) is 5.94. The molecule has 0 aliphatic rings. The molecule has 0 aliphatic carbocycles. The number of aromatic nitrogens is 6. The number of likely N-dealkylation sites (N-methyl/N-ethyl adjacent to an activating group) is 1. The van der Waals surface area contributed by atoms with Crippen LogP contribution in [-0.2, 0) is 13.0 Å². The number of nitrogen functional groups attached to an aromatic ring is 1. The lowest BCUT2D eigenvalue weighted by Crippen LogP contribution is -2.51. The zero-order chi connectivity index (χ0) is 24.4. The average Bonchev–Trinajstić information content (AvgIpc) is 3.37. The van der Waals surface area contributed by atoms with E-state index in [1.807, 2.05) is 55.6 Å². The summed E-state index contributed by atoms with van der Waals surface area (Å²) in [6.45, 7) is 2.65. The minimum absolute atomic E-state index is 0.0317. The number of rotatable bonds is 7. The first-order valence-corrected chi connectivity index (χ1v) is 11.5. The van der Waals surface area contributed by atoms with Crippen LogP contribution in [0.4, 0.5) is 17.7 Å². The molecule has 5 aromatic rings. The summed E-state index contributed by atoms with van der Waals surface area (Å²) in [5, 5.41) is 4.51. The Hall–Kier alpha value is -4.21. The van der Waals surface area contributed by atoms with E-state index in [2.05, 4.69) is 39.1 Å². The van der Waals surface area contributed by atoms with Gasteiger partial charge in [0.25, 0.3) is 0 Å². The first-order valence-electron chi connectivity index (χ1n) is 11.5. The standard InChI is InChI=1S/C26H28N9/c1-18(13-19-7-6-8-20(14-19)16-27)35(2,25-29-12-11-23(28)33-25)26-32-22(21-9-4-3-5-10-21)15-24-30-17-31-34(24)26/h3-12,14-15,17-18H,13,16,27H2,1-2H3,(H2,28,29,33)/q+1. The molecule has 0 radical (unpaired) electrons. The van der Waals surface area contributed by atoms with E-state index in [1.165, 1.54) is 11.9 Å². The lowest BCUT2D eigenvalue weighted by atomic mass is 10.0. The van der Waals surface area contributed by atoms with Crippen molar-refractivity contribution in [3.63, 3.8) is 0 Å². The molecule has 4 N–H and O–H groups in total. The lowest BCUT2D eigenvalue weighted by Gasteiger charge is -2.35. The highest BCUT2D eigenvalue weighted by Gasteiger charge is 2.42. The van der Waals surface area contributed by atoms with Gasteiger partial charge in [-0.05, 0) is 24.1 Å². The van der Waals surface area contributed by atoms with Crippen LogP contribution in [0.3, 0.4) is 0 Å². The molecule has 0 spiro atoms. The highest BCUT2D eigenvalue weighted by Crippen LogP contribution is 2.35. The minimum atomic E-state index is -0.0317. The summed E-state index contributed by atoms with van der Waals surface area (Å²) >= 11 is 0. The number of nitrogens with two attached hydrogens (primary N) is 2. The van der Waals surface area contributed by atoms with Crippen molar-refractivity contribution < 1.29 is 0 Å². The molecule has 176 valence electrons. The van der Waals surface area contributed by atoms with E-state index in [1.54, 1.807) is 16.8 Å². The normalized spacial score (nSPS) is 14.0. The SMILES string of the molecule is CC(Cc1cccc(CN)c1)[N+](C)(c1nccc(N)n1)c1nc(-c2ccccc2)cc2ncnn12. The fourth-order valence-corrected chi connectivity index (χ4v) is 4.35. The summed E-state index contributed by atoms with van der Waals surface area (Å²) in [5.41, 5.74) is 16.7. The first kappa shape index (κ1) is 22.6. The van der Waals surface area contributed by atoms with Gasteiger partial charge < -0.3 is 11.5 Å². The van der Waals surface area contributed by atoms with Crippen LogP contribution in [0.25, 0.3) is 16.9 Å². The van der Waals surface area contributed by atoms with Crippen molar-refractivity contribution in [2.75, 3.05) is 12.8 Å². The van der Waals surface area contributed by atoms with Crippen LogP contribution in [0.2, 0.25) is 0 Å². The van der Waals surface area contributed by atoms with Gasteiger partial charge in [-0.15, -0.1) is 9.61 Å². The van der Waals surface area contributed by atoms with E-state index in [0.29, 0.717) is 29.9 Å². The van der Waals surface area contributed by atoms with Gasteiger partial charge in [0.1, 0.15) is 18.2 Å². The molecule has 9 heteroatoms. The number of hydrogen-bond acceptors (Lipinski definition) is 7. The van der Waals surface area contributed by atoms with Gasteiger partial charge in [-0.3, -0.25) is 0 Å². The Morgan fingerprint density at radius 2 is 1.74 bits per heavy atom. The molecule has 3 aromatic heterocycles. The highest BCUT2D eigenvalue weighted by atomic mass is 15.5. The first-order chi connectivity index (χ1) is 17.0. The number of benzene rings is 2. The molecule has 9 nitrogen and oxygen atoms in total. The number of anilines is 1. The molecule has 0 amide bonds. The van der Waals surface area contributed by atoms with E-state index >= 15 is 0 Å². The quantitative estimate of drug-likeness (QED) is 0.352. The second-order valence-electron chi connectivity index (χ2n) is 8.77. The third-order valence-electron chi connectivity index (χ3n) is 6.45. The summed E-state index contributed by atoms with van der Waals surface area (Å²) in [4.78, 5) is 18.9. The Bertz CT molecular complexity index is 1460. The molecule has 5 rings (SSSR count). The smallest absolute Gasteiger partial charge is 0.340 e. The average molecular weight is 467 g/mol. The van der Waals surface area contributed by atoms with Gasteiger partial charge in [-0.2, -0.15) is 19.4 Å². The van der Waals surface area contributed by atoms with Crippen molar-refractivity contribution in [1.82, 2.24) is 34.0 Å². The van der Waals surface area contributed by atoms with Gasteiger partial charge in [0, 0.05) is 30.8 Å². The topological polar surface area (TPSA) is 121 Å². The molecule has 3 heterocycles. The molecule has 0 bridgehead atoms. The Balaban J connectivity index is 1.71. The molecular formula is C26H28N9+. The Morgan fingerprint density at radius 1 is 0.943 bits per heavy atom. The molecule has 2 atom stereocenters. The molecule has 35 heavy (non-hydrogen) atoms. The van der Waals surface area contributed by atoms with Crippen LogP contribution in [-0.4, -0.2) is 42.6 Å². The molecule has 0 saturated carbocycles. The maximum absolute atomic E-state index is 6.11. The zero-order valence-electron chi connectivity index (χ0n) is 19.8. The second kappa shape index (κ2) is 9.21. The molecular weight excluding hydrogens is 438 g/mol. The van der Waals surface area contributed by atoms with Gasteiger partial charge >= 0.3 is 11.9 Å². The summed E-state index contributed by atoms with van der Waals surface area (Å²) in [6.07, 6.45) is 3.95. The maximum atomic E-state index is 6.11. The highest BCUT2D eigenvalue weighted by molar-refractivity contribution is 5.66. The number of hydrogen-bond donors (Lipinski definition) is 2. The summed E-state index contributed by atoms with van der Waals surface area (Å²) in [7, 11) is 2.05. The van der Waals surface area contributed by atoms with Gasteiger partial charge in [-0.1, -0.05) is 54.6 Å². The second-order valence-corrected chi connectivity index (χ2v) is 8.77. The number of quaternary nitrogens is 1. The monoisotopic (exact) mass is 466 g/mol. The molecule has 0 fully saturated rings. The van der Waals surface area contributed by atoms with Crippen LogP contribution in [0.1, 0.15) is 18.1 Å². The molecule has 0 aliphatic heterocycles. The minimum Gasteiger partial charge on any atom is -0.383 e. The van der Waals surface area contributed by atoms with E-state index in [-0.39, 0.29) is 10.5 Å². The lowest BCUT2D eigenvalue weighted by molar-refractivity contribution is 0.318. The third-order valence-corrected chi connectivity index (χ3v) is 6.45.